The molecule has 148 valence electrons. The fourth-order valence-corrected chi connectivity index (χ4v) is 4.97. The van der Waals surface area contributed by atoms with Crippen LogP contribution in [-0.4, -0.2) is 62.3 Å². The molecule has 2 amide bonds. The molecule has 2 fully saturated rings. The molecule has 2 aliphatic rings. The molecule has 2 aliphatic heterocycles. The van der Waals surface area contributed by atoms with Crippen LogP contribution in [0.15, 0.2) is 29.2 Å². The minimum Gasteiger partial charge on any atom is -0.341 e. The van der Waals surface area contributed by atoms with Crippen molar-refractivity contribution >= 4 is 21.8 Å². The summed E-state index contributed by atoms with van der Waals surface area (Å²) < 4.78 is 28.1. The Bertz CT molecular complexity index is 801. The van der Waals surface area contributed by atoms with Crippen LogP contribution in [0.3, 0.4) is 0 Å². The van der Waals surface area contributed by atoms with Crippen LogP contribution in [0.4, 0.5) is 0 Å². The van der Waals surface area contributed by atoms with Crippen LogP contribution >= 0.6 is 0 Å². The number of carbonyl (C=O) groups excluding carboxylic acids is 2. The van der Waals surface area contributed by atoms with E-state index >= 15 is 0 Å². The minimum atomic E-state index is -3.79. The van der Waals surface area contributed by atoms with E-state index in [0.717, 1.165) is 25.7 Å². The number of nitrogens with zero attached hydrogens (tertiary/aromatic N) is 2. The van der Waals surface area contributed by atoms with Gasteiger partial charge in [0.25, 0.3) is 5.91 Å². The average molecular weight is 394 g/mol. The van der Waals surface area contributed by atoms with E-state index in [1.54, 1.807) is 21.9 Å². The van der Waals surface area contributed by atoms with E-state index < -0.39 is 16.1 Å². The molecule has 0 radical (unpaired) electrons. The Kier molecular flexibility index (Phi) is 6.16. The highest BCUT2D eigenvalue weighted by molar-refractivity contribution is 7.89. The first-order valence-corrected chi connectivity index (χ1v) is 11.1. The van der Waals surface area contributed by atoms with Crippen molar-refractivity contribution in [2.75, 3.05) is 26.2 Å². The van der Waals surface area contributed by atoms with E-state index in [1.165, 1.54) is 12.1 Å². The van der Waals surface area contributed by atoms with E-state index in [0.29, 0.717) is 31.7 Å². The second-order valence-electron chi connectivity index (χ2n) is 7.19. The van der Waals surface area contributed by atoms with Crippen molar-refractivity contribution in [3.8, 4) is 0 Å². The van der Waals surface area contributed by atoms with E-state index in [-0.39, 0.29) is 23.1 Å². The van der Waals surface area contributed by atoms with Crippen molar-refractivity contribution in [3.63, 3.8) is 0 Å². The normalized spacial score (nSPS) is 21.4. The molecule has 8 heteroatoms. The number of sulfonamides is 1. The van der Waals surface area contributed by atoms with Crippen LogP contribution in [0, 0.1) is 0 Å². The highest BCUT2D eigenvalue weighted by atomic mass is 32.2. The summed E-state index contributed by atoms with van der Waals surface area (Å²) in [6, 6.07) is 5.73. The van der Waals surface area contributed by atoms with Gasteiger partial charge in [-0.1, -0.05) is 18.9 Å². The van der Waals surface area contributed by atoms with E-state index in [9.17, 15) is 18.0 Å². The smallest absolute Gasteiger partial charge is 0.253 e. The number of rotatable bonds is 5. The molecule has 0 aromatic heterocycles. The summed E-state index contributed by atoms with van der Waals surface area (Å²) >= 11 is 0. The zero-order chi connectivity index (χ0) is 19.4. The number of hydrogen-bond acceptors (Lipinski definition) is 4. The number of benzene rings is 1. The second kappa shape index (κ2) is 8.39. The van der Waals surface area contributed by atoms with Gasteiger partial charge in [0.05, 0.1) is 4.90 Å². The first kappa shape index (κ1) is 19.8. The summed E-state index contributed by atoms with van der Waals surface area (Å²) in [7, 11) is -3.79. The summed E-state index contributed by atoms with van der Waals surface area (Å²) in [5, 5.41) is 0. The molecular weight excluding hydrogens is 366 g/mol. The maximum absolute atomic E-state index is 12.8. The lowest BCUT2D eigenvalue weighted by molar-refractivity contribution is -0.127. The average Bonchev–Trinajstić information content (AvgIpc) is 2.85. The molecule has 0 bridgehead atoms. The molecule has 1 N–H and O–H groups in total. The van der Waals surface area contributed by atoms with E-state index in [4.69, 9.17) is 0 Å². The van der Waals surface area contributed by atoms with Crippen LogP contribution in [0.25, 0.3) is 0 Å². The largest absolute Gasteiger partial charge is 0.341 e. The van der Waals surface area contributed by atoms with Gasteiger partial charge >= 0.3 is 0 Å². The van der Waals surface area contributed by atoms with Gasteiger partial charge in [-0.15, -0.1) is 0 Å². The number of amides is 2. The van der Waals surface area contributed by atoms with Gasteiger partial charge in [-0.05, 0) is 38.0 Å². The van der Waals surface area contributed by atoms with Crippen LogP contribution in [-0.2, 0) is 14.8 Å². The second-order valence-corrected chi connectivity index (χ2v) is 8.90. The molecule has 1 aromatic rings. The Morgan fingerprint density at radius 1 is 1.19 bits per heavy atom. The summed E-state index contributed by atoms with van der Waals surface area (Å²) in [6.07, 6.45) is 4.37. The third kappa shape index (κ3) is 4.68. The Morgan fingerprint density at radius 3 is 2.52 bits per heavy atom. The SMILES string of the molecule is CCN1C[C@H](NS(=O)(=O)c2cccc(C(=O)N3CCCCCC3)c2)CC1=O. The first-order chi connectivity index (χ1) is 12.9. The van der Waals surface area contributed by atoms with Gasteiger partial charge in [0.2, 0.25) is 15.9 Å². The monoisotopic (exact) mass is 393 g/mol. The maximum Gasteiger partial charge on any atom is 0.253 e. The molecule has 3 rings (SSSR count). The number of carbonyl (C=O) groups is 2. The first-order valence-electron chi connectivity index (χ1n) is 9.60. The number of likely N-dealkylation sites (tertiary alicyclic amines) is 2. The van der Waals surface area contributed by atoms with Crippen molar-refractivity contribution < 1.29 is 18.0 Å². The Hall–Kier alpha value is -1.93. The van der Waals surface area contributed by atoms with Crippen LogP contribution in [0.5, 0.6) is 0 Å². The van der Waals surface area contributed by atoms with Gasteiger partial charge in [0.1, 0.15) is 0 Å². The topological polar surface area (TPSA) is 86.8 Å². The third-order valence-corrected chi connectivity index (χ3v) is 6.72. The Labute approximate surface area is 160 Å². The Balaban J connectivity index is 1.74. The van der Waals surface area contributed by atoms with Crippen LogP contribution < -0.4 is 4.72 Å². The molecule has 0 spiro atoms. The summed E-state index contributed by atoms with van der Waals surface area (Å²) in [6.45, 7) is 4.24. The molecule has 7 nitrogen and oxygen atoms in total. The minimum absolute atomic E-state index is 0.0460. The number of nitrogens with one attached hydrogen (secondary N) is 1. The van der Waals surface area contributed by atoms with Crippen molar-refractivity contribution in [2.24, 2.45) is 0 Å². The zero-order valence-corrected chi connectivity index (χ0v) is 16.5. The highest BCUT2D eigenvalue weighted by Gasteiger charge is 2.32. The molecule has 2 saturated heterocycles. The summed E-state index contributed by atoms with van der Waals surface area (Å²) in [5.74, 6) is -0.169. The summed E-state index contributed by atoms with van der Waals surface area (Å²) in [4.78, 5) is 28.1. The third-order valence-electron chi connectivity index (χ3n) is 5.20. The predicted molar refractivity (Wildman–Crippen MR) is 102 cm³/mol. The van der Waals surface area contributed by atoms with E-state index in [2.05, 4.69) is 4.72 Å². The lowest BCUT2D eigenvalue weighted by atomic mass is 10.2. The zero-order valence-electron chi connectivity index (χ0n) is 15.7. The van der Waals surface area contributed by atoms with Crippen molar-refractivity contribution in [1.82, 2.24) is 14.5 Å². The lowest BCUT2D eigenvalue weighted by Gasteiger charge is -2.20. The fraction of sp³-hybridized carbons (Fsp3) is 0.579. The Morgan fingerprint density at radius 2 is 1.89 bits per heavy atom. The number of hydrogen-bond donors (Lipinski definition) is 1. The molecular formula is C19H27N3O4S. The molecule has 1 atom stereocenters. The summed E-state index contributed by atoms with van der Waals surface area (Å²) in [5.41, 5.74) is 0.387. The van der Waals surface area contributed by atoms with Gasteiger partial charge in [-0.2, -0.15) is 0 Å². The van der Waals surface area contributed by atoms with Gasteiger partial charge in [-0.3, -0.25) is 9.59 Å². The maximum atomic E-state index is 12.8. The molecule has 1 aromatic carbocycles. The van der Waals surface area contributed by atoms with Crippen LogP contribution in [0.2, 0.25) is 0 Å². The van der Waals surface area contributed by atoms with Crippen LogP contribution in [0.1, 0.15) is 49.4 Å². The predicted octanol–water partition coefficient (Wildman–Crippen LogP) is 1.60. The lowest BCUT2D eigenvalue weighted by Crippen LogP contribution is -2.37. The fourth-order valence-electron chi connectivity index (χ4n) is 3.70. The van der Waals surface area contributed by atoms with Gasteiger partial charge in [-0.25, -0.2) is 13.1 Å². The van der Waals surface area contributed by atoms with Crippen molar-refractivity contribution in [2.45, 2.75) is 50.0 Å². The molecule has 2 heterocycles. The number of likely N-dealkylation sites (N-methyl/N-ethyl adjacent to an activating group) is 1. The van der Waals surface area contributed by atoms with Gasteiger partial charge in [0, 0.05) is 44.2 Å². The van der Waals surface area contributed by atoms with Gasteiger partial charge < -0.3 is 9.80 Å². The van der Waals surface area contributed by atoms with E-state index in [1.807, 2.05) is 6.92 Å². The molecule has 0 unspecified atom stereocenters. The highest BCUT2D eigenvalue weighted by Crippen LogP contribution is 2.18. The molecule has 0 saturated carbocycles. The quantitative estimate of drug-likeness (QED) is 0.823. The molecule has 0 aliphatic carbocycles. The van der Waals surface area contributed by atoms with Gasteiger partial charge in [0.15, 0.2) is 0 Å². The van der Waals surface area contributed by atoms with Crippen molar-refractivity contribution in [1.29, 1.82) is 0 Å². The van der Waals surface area contributed by atoms with Crippen molar-refractivity contribution in [3.05, 3.63) is 29.8 Å². The standard InChI is InChI=1S/C19H27N3O4S/c1-2-21-14-16(13-18(21)23)20-27(25,26)17-9-7-8-15(12-17)19(24)22-10-5-3-4-6-11-22/h7-9,12,16,20H,2-6,10-11,13-14H2,1H3/t16-/m1/s1. The molecule has 27 heavy (non-hydrogen) atoms.